The summed E-state index contributed by atoms with van der Waals surface area (Å²) >= 11 is 3.48. The summed E-state index contributed by atoms with van der Waals surface area (Å²) in [6, 6.07) is 2.01. The Bertz CT molecular complexity index is 393. The summed E-state index contributed by atoms with van der Waals surface area (Å²) in [6.45, 7) is 11.3. The Kier molecular flexibility index (Phi) is 3.54. The number of ether oxygens (including phenoxy) is 1. The van der Waals surface area contributed by atoms with Crippen LogP contribution in [0.5, 0.6) is 5.75 Å². The normalized spacial score (nSPS) is 9.64. The predicted molar refractivity (Wildman–Crippen MR) is 60.5 cm³/mol. The van der Waals surface area contributed by atoms with Gasteiger partial charge in [-0.2, -0.15) is 0 Å². The molecule has 1 aromatic carbocycles. The van der Waals surface area contributed by atoms with Gasteiger partial charge < -0.3 is 9.58 Å². The lowest BCUT2D eigenvalue weighted by Gasteiger charge is -2.11. The third kappa shape index (κ3) is 1.91. The highest BCUT2D eigenvalue weighted by molar-refractivity contribution is 9.10. The first-order chi connectivity index (χ1) is 6.61. The fourth-order valence-electron chi connectivity index (χ4n) is 1.34. The van der Waals surface area contributed by atoms with E-state index in [1.165, 1.54) is 5.56 Å². The second-order valence-corrected chi connectivity index (χ2v) is 3.93. The van der Waals surface area contributed by atoms with Gasteiger partial charge in [-0.3, -0.25) is 0 Å². The summed E-state index contributed by atoms with van der Waals surface area (Å²) in [6.07, 6.45) is 0. The lowest BCUT2D eigenvalue weighted by atomic mass is 10.1. The predicted octanol–water partition coefficient (Wildman–Crippen LogP) is 3.49. The van der Waals surface area contributed by atoms with Crippen LogP contribution in [0, 0.1) is 20.4 Å². The second-order valence-electron chi connectivity index (χ2n) is 3.14. The van der Waals surface area contributed by atoms with Crippen molar-refractivity contribution in [2.45, 2.75) is 20.4 Å². The average molecular weight is 254 g/mol. The van der Waals surface area contributed by atoms with Gasteiger partial charge in [0.1, 0.15) is 5.75 Å². The first kappa shape index (κ1) is 11.1. The van der Waals surface area contributed by atoms with E-state index in [-0.39, 0.29) is 0 Å². The van der Waals surface area contributed by atoms with Crippen LogP contribution in [-0.2, 0) is 6.54 Å². The molecule has 0 aromatic heterocycles. The summed E-state index contributed by atoms with van der Waals surface area (Å²) in [5, 5.41) is 0. The summed E-state index contributed by atoms with van der Waals surface area (Å²) in [5.74, 6) is 0.782. The molecule has 0 fully saturated rings. The van der Waals surface area contributed by atoms with Crippen LogP contribution in [-0.4, -0.2) is 7.11 Å². The lowest BCUT2D eigenvalue weighted by molar-refractivity contribution is 0.407. The molecule has 0 atom stereocenters. The van der Waals surface area contributed by atoms with E-state index in [1.54, 1.807) is 7.11 Å². The molecule has 0 amide bonds. The minimum atomic E-state index is 0.364. The van der Waals surface area contributed by atoms with Crippen LogP contribution in [0.4, 0.5) is 0 Å². The van der Waals surface area contributed by atoms with Crippen molar-refractivity contribution in [2.24, 2.45) is 0 Å². The largest absolute Gasteiger partial charge is 0.495 e. The molecule has 74 valence electrons. The quantitative estimate of drug-likeness (QED) is 0.736. The Morgan fingerprint density at radius 1 is 1.50 bits per heavy atom. The molecule has 1 aromatic rings. The molecule has 3 heteroatoms. The molecule has 14 heavy (non-hydrogen) atoms. The summed E-state index contributed by atoms with van der Waals surface area (Å²) in [5.41, 5.74) is 3.28. The number of rotatable bonds is 2. The number of hydrogen-bond donors (Lipinski definition) is 0. The van der Waals surface area contributed by atoms with Gasteiger partial charge in [0.15, 0.2) is 0 Å². The van der Waals surface area contributed by atoms with Crippen LogP contribution in [0.3, 0.4) is 0 Å². The van der Waals surface area contributed by atoms with Crippen molar-refractivity contribution in [3.8, 4) is 5.75 Å². The van der Waals surface area contributed by atoms with Crippen LogP contribution < -0.4 is 4.74 Å². The highest BCUT2D eigenvalue weighted by Gasteiger charge is 2.13. The summed E-state index contributed by atoms with van der Waals surface area (Å²) < 4.78 is 6.23. The molecule has 2 nitrogen and oxygen atoms in total. The van der Waals surface area contributed by atoms with Crippen LogP contribution in [0.2, 0.25) is 0 Å². The zero-order chi connectivity index (χ0) is 10.7. The van der Waals surface area contributed by atoms with Gasteiger partial charge in [-0.25, -0.2) is 6.57 Å². The molecule has 0 radical (unpaired) electrons. The number of nitrogens with zero attached hydrogens (tertiary/aromatic N) is 1. The van der Waals surface area contributed by atoms with Crippen molar-refractivity contribution in [1.29, 1.82) is 0 Å². The Balaban J connectivity index is 3.37. The molecule has 0 aliphatic carbocycles. The Labute approximate surface area is 92.8 Å². The van der Waals surface area contributed by atoms with E-state index in [4.69, 9.17) is 11.3 Å². The zero-order valence-electron chi connectivity index (χ0n) is 8.52. The molecular weight excluding hydrogens is 242 g/mol. The number of hydrogen-bond acceptors (Lipinski definition) is 1. The van der Waals surface area contributed by atoms with Crippen LogP contribution in [0.1, 0.15) is 16.7 Å². The molecule has 0 aliphatic heterocycles. The fraction of sp³-hybridized carbons (Fsp3) is 0.364. The van der Waals surface area contributed by atoms with Gasteiger partial charge in [0.25, 0.3) is 0 Å². The second kappa shape index (κ2) is 4.47. The first-order valence-electron chi connectivity index (χ1n) is 4.27. The number of halogens is 1. The van der Waals surface area contributed by atoms with Crippen LogP contribution >= 0.6 is 15.9 Å². The van der Waals surface area contributed by atoms with Crippen LogP contribution in [0.25, 0.3) is 4.85 Å². The number of benzene rings is 1. The highest BCUT2D eigenvalue weighted by atomic mass is 79.9. The Morgan fingerprint density at radius 2 is 2.14 bits per heavy atom. The van der Waals surface area contributed by atoms with Crippen molar-refractivity contribution in [3.63, 3.8) is 0 Å². The smallest absolute Gasteiger partial charge is 0.243 e. The third-order valence-corrected chi connectivity index (χ3v) is 3.21. The van der Waals surface area contributed by atoms with Crippen molar-refractivity contribution < 1.29 is 4.74 Å². The SMILES string of the molecule is [C-]#[N+]Cc1cc(C)c(C)c(Br)c1OC. The number of methoxy groups -OCH3 is 1. The standard InChI is InChI=1S/C11H12BrNO/c1-7-5-9(6-13-3)11(14-4)10(12)8(7)2/h5H,6H2,1-2,4H3. The van der Waals surface area contributed by atoms with E-state index < -0.39 is 0 Å². The van der Waals surface area contributed by atoms with E-state index in [2.05, 4.69) is 20.8 Å². The summed E-state index contributed by atoms with van der Waals surface area (Å²) in [7, 11) is 1.63. The molecular formula is C11H12BrNO. The molecule has 0 saturated heterocycles. The Hall–Kier alpha value is -1.01. The highest BCUT2D eigenvalue weighted by Crippen LogP contribution is 2.34. The molecule has 0 saturated carbocycles. The topological polar surface area (TPSA) is 13.6 Å². The van der Waals surface area contributed by atoms with Gasteiger partial charge in [0.2, 0.25) is 6.54 Å². The molecule has 1 rings (SSSR count). The van der Waals surface area contributed by atoms with Crippen molar-refractivity contribution >= 4 is 15.9 Å². The van der Waals surface area contributed by atoms with Crippen LogP contribution in [0.15, 0.2) is 10.5 Å². The summed E-state index contributed by atoms with van der Waals surface area (Å²) in [4.78, 5) is 3.38. The monoisotopic (exact) mass is 253 g/mol. The molecule has 0 spiro atoms. The molecule has 0 unspecified atom stereocenters. The Morgan fingerprint density at radius 3 is 2.64 bits per heavy atom. The van der Waals surface area contributed by atoms with Gasteiger partial charge in [-0.05, 0) is 47.0 Å². The van der Waals surface area contributed by atoms with Crippen molar-refractivity contribution in [3.05, 3.63) is 38.6 Å². The van der Waals surface area contributed by atoms with E-state index in [1.807, 2.05) is 19.9 Å². The molecule has 0 bridgehead atoms. The maximum Gasteiger partial charge on any atom is 0.243 e. The van der Waals surface area contributed by atoms with E-state index in [9.17, 15) is 0 Å². The molecule has 0 N–H and O–H groups in total. The van der Waals surface area contributed by atoms with Crippen molar-refractivity contribution in [1.82, 2.24) is 0 Å². The minimum absolute atomic E-state index is 0.364. The van der Waals surface area contributed by atoms with Gasteiger partial charge in [0.05, 0.1) is 17.1 Å². The molecule has 0 heterocycles. The fourth-order valence-corrected chi connectivity index (χ4v) is 2.07. The third-order valence-electron chi connectivity index (χ3n) is 2.26. The lowest BCUT2D eigenvalue weighted by Crippen LogP contribution is -1.95. The zero-order valence-corrected chi connectivity index (χ0v) is 10.1. The maximum atomic E-state index is 6.86. The first-order valence-corrected chi connectivity index (χ1v) is 5.07. The van der Waals surface area contributed by atoms with E-state index >= 15 is 0 Å². The minimum Gasteiger partial charge on any atom is -0.495 e. The van der Waals surface area contributed by atoms with Gasteiger partial charge in [-0.1, -0.05) is 0 Å². The maximum absolute atomic E-state index is 6.86. The number of aryl methyl sites for hydroxylation is 1. The van der Waals surface area contributed by atoms with Crippen molar-refractivity contribution in [2.75, 3.05) is 7.11 Å². The van der Waals surface area contributed by atoms with Gasteiger partial charge in [-0.15, -0.1) is 0 Å². The van der Waals surface area contributed by atoms with Gasteiger partial charge >= 0.3 is 0 Å². The van der Waals surface area contributed by atoms with E-state index in [0.717, 1.165) is 21.3 Å². The van der Waals surface area contributed by atoms with Gasteiger partial charge in [0, 0.05) is 0 Å². The van der Waals surface area contributed by atoms with E-state index in [0.29, 0.717) is 6.54 Å². The molecule has 0 aliphatic rings. The average Bonchev–Trinajstić information content (AvgIpc) is 2.16.